The molecule has 9 heteroatoms. The Morgan fingerprint density at radius 3 is 2.61 bits per heavy atom. The molecule has 0 heterocycles. The van der Waals surface area contributed by atoms with Gasteiger partial charge >= 0.3 is 7.82 Å². The lowest BCUT2D eigenvalue weighted by Crippen LogP contribution is -2.26. The number of phosphoric ester groups is 1. The number of hydrogen-bond donors (Lipinski definition) is 5. The lowest BCUT2D eigenvalue weighted by Gasteiger charge is -2.10. The van der Waals surface area contributed by atoms with Crippen LogP contribution in [0.3, 0.4) is 0 Å². The number of aliphatic hydroxyl groups is 1. The minimum absolute atomic E-state index is 0.0121. The number of amides is 1. The summed E-state index contributed by atoms with van der Waals surface area (Å²) in [6.07, 6.45) is 0. The molecule has 0 aromatic heterocycles. The Kier molecular flexibility index (Phi) is 4.69. The number of phosphoric acid groups is 1. The molecule has 0 spiro atoms. The van der Waals surface area contributed by atoms with Crippen molar-refractivity contribution < 1.29 is 33.9 Å². The van der Waals surface area contributed by atoms with E-state index in [-0.39, 0.29) is 30.2 Å². The standard InChI is InChI=1S/C9H12NO7P/c11-4-3-10-9(13)7-5-6(1-2-8(7)12)17-18(14,15)16/h1-2,5,11-12H,3-4H2,(H,10,13)(H2,14,15,16). The average molecular weight is 277 g/mol. The molecule has 0 atom stereocenters. The van der Waals surface area contributed by atoms with Gasteiger partial charge < -0.3 is 20.1 Å². The number of aliphatic hydroxyl groups excluding tert-OH is 1. The van der Waals surface area contributed by atoms with Gasteiger partial charge in [-0.25, -0.2) is 4.57 Å². The number of carbonyl (C=O) groups is 1. The smallest absolute Gasteiger partial charge is 0.507 e. The fourth-order valence-electron chi connectivity index (χ4n) is 1.16. The van der Waals surface area contributed by atoms with Gasteiger partial charge in [-0.1, -0.05) is 0 Å². The predicted octanol–water partition coefficient (Wildman–Crippen LogP) is -0.414. The van der Waals surface area contributed by atoms with Crippen molar-refractivity contribution in [3.63, 3.8) is 0 Å². The van der Waals surface area contributed by atoms with Crippen molar-refractivity contribution in [3.8, 4) is 11.5 Å². The maximum absolute atomic E-state index is 11.5. The Morgan fingerprint density at radius 2 is 2.06 bits per heavy atom. The second-order valence-electron chi connectivity index (χ2n) is 3.24. The molecule has 0 aliphatic rings. The molecular weight excluding hydrogens is 265 g/mol. The monoisotopic (exact) mass is 277 g/mol. The molecule has 0 bridgehead atoms. The summed E-state index contributed by atoms with van der Waals surface area (Å²) in [4.78, 5) is 28.7. The zero-order valence-electron chi connectivity index (χ0n) is 9.11. The second kappa shape index (κ2) is 5.83. The maximum atomic E-state index is 11.5. The summed E-state index contributed by atoms with van der Waals surface area (Å²) < 4.78 is 14.9. The topological polar surface area (TPSA) is 136 Å². The van der Waals surface area contributed by atoms with E-state index >= 15 is 0 Å². The van der Waals surface area contributed by atoms with Crippen molar-refractivity contribution in [2.24, 2.45) is 0 Å². The zero-order valence-corrected chi connectivity index (χ0v) is 10.0. The Bertz CT molecular complexity index is 484. The first-order valence-corrected chi connectivity index (χ1v) is 6.34. The van der Waals surface area contributed by atoms with Crippen LogP contribution in [0.15, 0.2) is 18.2 Å². The highest BCUT2D eigenvalue weighted by Gasteiger charge is 2.18. The van der Waals surface area contributed by atoms with Crippen LogP contribution in [0, 0.1) is 0 Å². The molecule has 100 valence electrons. The number of rotatable bonds is 5. The lowest BCUT2D eigenvalue weighted by atomic mass is 10.2. The molecule has 0 aliphatic carbocycles. The van der Waals surface area contributed by atoms with Crippen LogP contribution in [0.2, 0.25) is 0 Å². The molecule has 0 saturated heterocycles. The Hall–Kier alpha value is -1.60. The van der Waals surface area contributed by atoms with Gasteiger partial charge in [0.25, 0.3) is 5.91 Å². The number of aromatic hydroxyl groups is 1. The van der Waals surface area contributed by atoms with E-state index < -0.39 is 13.7 Å². The second-order valence-corrected chi connectivity index (χ2v) is 4.40. The maximum Gasteiger partial charge on any atom is 0.524 e. The van der Waals surface area contributed by atoms with Crippen LogP contribution in [0.5, 0.6) is 11.5 Å². The number of nitrogens with one attached hydrogen (secondary N) is 1. The van der Waals surface area contributed by atoms with Crippen LogP contribution < -0.4 is 9.84 Å². The first-order valence-electron chi connectivity index (χ1n) is 4.80. The highest BCUT2D eigenvalue weighted by molar-refractivity contribution is 7.46. The quantitative estimate of drug-likeness (QED) is 0.461. The fourth-order valence-corrected chi connectivity index (χ4v) is 1.54. The third-order valence-corrected chi connectivity index (χ3v) is 2.28. The molecule has 0 radical (unpaired) electrons. The van der Waals surface area contributed by atoms with Gasteiger partial charge in [-0.05, 0) is 18.2 Å². The number of hydrogen-bond acceptors (Lipinski definition) is 5. The van der Waals surface area contributed by atoms with Crippen molar-refractivity contribution in [2.75, 3.05) is 13.2 Å². The van der Waals surface area contributed by atoms with Gasteiger partial charge in [-0.15, -0.1) is 0 Å². The molecule has 0 saturated carbocycles. The minimum atomic E-state index is -4.73. The third-order valence-electron chi connectivity index (χ3n) is 1.83. The van der Waals surface area contributed by atoms with Crippen LogP contribution in [0.4, 0.5) is 0 Å². The van der Waals surface area contributed by atoms with Crippen LogP contribution in [-0.2, 0) is 4.57 Å². The molecule has 1 rings (SSSR count). The van der Waals surface area contributed by atoms with Crippen LogP contribution in [0.25, 0.3) is 0 Å². The summed E-state index contributed by atoms with van der Waals surface area (Å²) in [7, 11) is -4.73. The largest absolute Gasteiger partial charge is 0.524 e. The fraction of sp³-hybridized carbons (Fsp3) is 0.222. The zero-order chi connectivity index (χ0) is 13.8. The predicted molar refractivity (Wildman–Crippen MR) is 60.2 cm³/mol. The number of carbonyl (C=O) groups excluding carboxylic acids is 1. The summed E-state index contributed by atoms with van der Waals surface area (Å²) in [5, 5.41) is 20.2. The SMILES string of the molecule is O=C(NCCO)c1cc(OP(=O)(O)O)ccc1O. The Balaban J connectivity index is 2.94. The van der Waals surface area contributed by atoms with Crippen molar-refractivity contribution in [2.45, 2.75) is 0 Å². The van der Waals surface area contributed by atoms with Crippen LogP contribution >= 0.6 is 7.82 Å². The van der Waals surface area contributed by atoms with Gasteiger partial charge in [0.1, 0.15) is 11.5 Å². The third kappa shape index (κ3) is 4.34. The molecule has 8 nitrogen and oxygen atoms in total. The first-order chi connectivity index (χ1) is 8.33. The molecule has 5 N–H and O–H groups in total. The highest BCUT2D eigenvalue weighted by atomic mass is 31.2. The van der Waals surface area contributed by atoms with Gasteiger partial charge in [-0.3, -0.25) is 14.6 Å². The van der Waals surface area contributed by atoms with Crippen LogP contribution in [-0.4, -0.2) is 39.1 Å². The molecule has 0 unspecified atom stereocenters. The van der Waals surface area contributed by atoms with E-state index in [2.05, 4.69) is 9.84 Å². The molecule has 1 aromatic carbocycles. The van der Waals surface area contributed by atoms with Gasteiger partial charge in [0.2, 0.25) is 0 Å². The van der Waals surface area contributed by atoms with Gasteiger partial charge in [0.15, 0.2) is 0 Å². The summed E-state index contributed by atoms with van der Waals surface area (Å²) in [5.74, 6) is -1.32. The minimum Gasteiger partial charge on any atom is -0.507 e. The van der Waals surface area contributed by atoms with E-state index in [1.54, 1.807) is 0 Å². The average Bonchev–Trinajstić information content (AvgIpc) is 2.26. The molecular formula is C9H12NO7P. The molecule has 0 aliphatic heterocycles. The summed E-state index contributed by atoms with van der Waals surface area (Å²) in [6, 6.07) is 3.16. The lowest BCUT2D eigenvalue weighted by molar-refractivity contribution is 0.0941. The normalized spacial score (nSPS) is 11.1. The van der Waals surface area contributed by atoms with E-state index in [9.17, 15) is 14.5 Å². The number of benzene rings is 1. The Labute approximate surface area is 102 Å². The van der Waals surface area contributed by atoms with Gasteiger partial charge in [-0.2, -0.15) is 0 Å². The van der Waals surface area contributed by atoms with E-state index in [1.165, 1.54) is 0 Å². The molecule has 0 fully saturated rings. The van der Waals surface area contributed by atoms with Gasteiger partial charge in [0.05, 0.1) is 12.2 Å². The summed E-state index contributed by atoms with van der Waals surface area (Å²) in [6.45, 7) is -0.285. The highest BCUT2D eigenvalue weighted by Crippen LogP contribution is 2.38. The van der Waals surface area contributed by atoms with Crippen molar-refractivity contribution in [1.29, 1.82) is 0 Å². The van der Waals surface area contributed by atoms with Crippen LogP contribution in [0.1, 0.15) is 10.4 Å². The van der Waals surface area contributed by atoms with E-state index in [1.807, 2.05) is 0 Å². The number of phenols is 1. The van der Waals surface area contributed by atoms with Crippen molar-refractivity contribution in [3.05, 3.63) is 23.8 Å². The van der Waals surface area contributed by atoms with E-state index in [0.717, 1.165) is 18.2 Å². The number of phenolic OH excluding ortho intramolecular Hbond substituents is 1. The molecule has 18 heavy (non-hydrogen) atoms. The Morgan fingerprint density at radius 1 is 1.39 bits per heavy atom. The molecule has 1 amide bonds. The van der Waals surface area contributed by atoms with E-state index in [0.29, 0.717) is 0 Å². The van der Waals surface area contributed by atoms with E-state index in [4.69, 9.17) is 14.9 Å². The van der Waals surface area contributed by atoms with Crippen molar-refractivity contribution >= 4 is 13.7 Å². The van der Waals surface area contributed by atoms with Crippen molar-refractivity contribution in [1.82, 2.24) is 5.32 Å². The summed E-state index contributed by atoms with van der Waals surface area (Å²) in [5.41, 5.74) is -0.214. The van der Waals surface area contributed by atoms with Gasteiger partial charge in [0, 0.05) is 6.54 Å². The molecule has 1 aromatic rings. The summed E-state index contributed by atoms with van der Waals surface area (Å²) >= 11 is 0. The first kappa shape index (κ1) is 14.5.